The topological polar surface area (TPSA) is 46.9 Å². The highest BCUT2D eigenvalue weighted by molar-refractivity contribution is 7.13. The maximum atomic E-state index is 13.1. The van der Waals surface area contributed by atoms with Gasteiger partial charge in [-0.1, -0.05) is 23.8 Å². The average Bonchev–Trinajstić information content (AvgIpc) is 3.33. The van der Waals surface area contributed by atoms with Gasteiger partial charge in [0, 0.05) is 5.69 Å². The molecule has 0 radical (unpaired) electrons. The molecule has 27 heavy (non-hydrogen) atoms. The van der Waals surface area contributed by atoms with E-state index in [-0.39, 0.29) is 11.7 Å². The third kappa shape index (κ3) is 3.66. The molecule has 2 aromatic heterocycles. The van der Waals surface area contributed by atoms with Gasteiger partial charge in [0.15, 0.2) is 0 Å². The fourth-order valence-electron chi connectivity index (χ4n) is 2.70. The summed E-state index contributed by atoms with van der Waals surface area (Å²) in [5.74, 6) is -0.657. The van der Waals surface area contributed by atoms with E-state index in [0.29, 0.717) is 11.4 Å². The third-order valence-electron chi connectivity index (χ3n) is 4.10. The Bertz CT molecular complexity index is 1070. The lowest BCUT2D eigenvalue weighted by molar-refractivity contribution is 0.101. The highest BCUT2D eigenvalue weighted by Crippen LogP contribution is 2.26. The molecule has 0 atom stereocenters. The number of hydrogen-bond acceptors (Lipinski definition) is 3. The van der Waals surface area contributed by atoms with Crippen LogP contribution in [0.2, 0.25) is 0 Å². The second-order valence-corrected chi connectivity index (χ2v) is 7.05. The van der Waals surface area contributed by atoms with Crippen molar-refractivity contribution in [3.8, 4) is 16.3 Å². The monoisotopic (exact) mass is 377 g/mol. The largest absolute Gasteiger partial charge is 0.321 e. The van der Waals surface area contributed by atoms with E-state index in [0.717, 1.165) is 21.8 Å². The molecule has 0 aliphatic heterocycles. The fourth-order valence-corrected chi connectivity index (χ4v) is 3.38. The Kier molecular flexibility index (Phi) is 4.56. The Labute approximate surface area is 159 Å². The summed E-state index contributed by atoms with van der Waals surface area (Å²) in [4.78, 5) is 13.9. The Balaban J connectivity index is 1.74. The van der Waals surface area contributed by atoms with Crippen molar-refractivity contribution in [2.45, 2.75) is 6.92 Å². The maximum Gasteiger partial charge on any atom is 0.274 e. The predicted octanol–water partition coefficient (Wildman–Crippen LogP) is 5.30. The number of hydrogen-bond donors (Lipinski definition) is 1. The van der Waals surface area contributed by atoms with E-state index in [1.54, 1.807) is 22.1 Å². The van der Waals surface area contributed by atoms with Gasteiger partial charge >= 0.3 is 0 Å². The molecule has 4 rings (SSSR count). The zero-order valence-electron chi connectivity index (χ0n) is 14.5. The van der Waals surface area contributed by atoms with Crippen LogP contribution in [-0.4, -0.2) is 15.7 Å². The third-order valence-corrected chi connectivity index (χ3v) is 4.99. The van der Waals surface area contributed by atoms with Crippen LogP contribution < -0.4 is 5.32 Å². The number of aromatic nitrogens is 2. The van der Waals surface area contributed by atoms with Crippen molar-refractivity contribution in [1.82, 2.24) is 9.78 Å². The van der Waals surface area contributed by atoms with Gasteiger partial charge in [0.2, 0.25) is 0 Å². The van der Waals surface area contributed by atoms with E-state index in [1.807, 2.05) is 48.7 Å². The molecule has 0 fully saturated rings. The van der Waals surface area contributed by atoms with E-state index in [4.69, 9.17) is 0 Å². The first kappa shape index (κ1) is 17.2. The molecule has 0 spiro atoms. The van der Waals surface area contributed by atoms with Crippen molar-refractivity contribution in [3.05, 3.63) is 89.2 Å². The Morgan fingerprint density at radius 2 is 1.81 bits per heavy atom. The smallest absolute Gasteiger partial charge is 0.274 e. The van der Waals surface area contributed by atoms with Crippen molar-refractivity contribution in [2.75, 3.05) is 5.32 Å². The highest BCUT2D eigenvalue weighted by Gasteiger charge is 2.18. The Morgan fingerprint density at radius 1 is 1.07 bits per heavy atom. The molecule has 0 bridgehead atoms. The minimum absolute atomic E-state index is 0.308. The summed E-state index contributed by atoms with van der Waals surface area (Å²) < 4.78 is 14.7. The van der Waals surface area contributed by atoms with Crippen LogP contribution in [0.5, 0.6) is 0 Å². The van der Waals surface area contributed by atoms with Gasteiger partial charge in [-0.2, -0.15) is 5.10 Å². The maximum absolute atomic E-state index is 13.1. The number of nitrogens with zero attached hydrogens (tertiary/aromatic N) is 2. The summed E-state index contributed by atoms with van der Waals surface area (Å²) in [6.07, 6.45) is 0. The number of aryl methyl sites for hydroxylation is 1. The second-order valence-electron chi connectivity index (χ2n) is 6.10. The summed E-state index contributed by atoms with van der Waals surface area (Å²) >= 11 is 1.56. The van der Waals surface area contributed by atoms with Crippen LogP contribution in [0, 0.1) is 12.7 Å². The van der Waals surface area contributed by atoms with Gasteiger partial charge in [-0.25, -0.2) is 9.07 Å². The number of amides is 1. The minimum Gasteiger partial charge on any atom is -0.321 e. The van der Waals surface area contributed by atoms with Crippen molar-refractivity contribution < 1.29 is 9.18 Å². The first-order valence-corrected chi connectivity index (χ1v) is 9.26. The van der Waals surface area contributed by atoms with Crippen LogP contribution in [0.25, 0.3) is 16.3 Å². The SMILES string of the molecule is Cc1ccc(-n2nc(-c3cccs3)cc2C(=O)Nc2ccc(F)cc2)cc1. The summed E-state index contributed by atoms with van der Waals surface area (Å²) in [5, 5.41) is 9.41. The number of thiophene rings is 1. The van der Waals surface area contributed by atoms with Gasteiger partial charge in [-0.05, 0) is 60.8 Å². The predicted molar refractivity (Wildman–Crippen MR) is 106 cm³/mol. The van der Waals surface area contributed by atoms with E-state index < -0.39 is 0 Å². The Hall–Kier alpha value is -3.25. The van der Waals surface area contributed by atoms with E-state index in [9.17, 15) is 9.18 Å². The van der Waals surface area contributed by atoms with Gasteiger partial charge in [0.25, 0.3) is 5.91 Å². The van der Waals surface area contributed by atoms with Crippen LogP contribution in [0.4, 0.5) is 10.1 Å². The molecule has 6 heteroatoms. The van der Waals surface area contributed by atoms with Crippen LogP contribution in [0.1, 0.15) is 16.1 Å². The molecule has 0 unspecified atom stereocenters. The van der Waals surface area contributed by atoms with Crippen LogP contribution in [0.3, 0.4) is 0 Å². The summed E-state index contributed by atoms with van der Waals surface area (Å²) in [6.45, 7) is 2.01. The van der Waals surface area contributed by atoms with Crippen LogP contribution in [-0.2, 0) is 0 Å². The molecule has 1 N–H and O–H groups in total. The first-order chi connectivity index (χ1) is 13.1. The number of rotatable bonds is 4. The zero-order chi connectivity index (χ0) is 18.8. The van der Waals surface area contributed by atoms with Crippen molar-refractivity contribution in [2.24, 2.45) is 0 Å². The molecule has 134 valence electrons. The quantitative estimate of drug-likeness (QED) is 0.524. The molecule has 0 aliphatic rings. The molecule has 0 saturated carbocycles. The Morgan fingerprint density at radius 3 is 2.48 bits per heavy atom. The fraction of sp³-hybridized carbons (Fsp3) is 0.0476. The number of carbonyl (C=O) groups is 1. The van der Waals surface area contributed by atoms with Crippen LogP contribution in [0.15, 0.2) is 72.1 Å². The van der Waals surface area contributed by atoms with Gasteiger partial charge in [-0.15, -0.1) is 11.3 Å². The lowest BCUT2D eigenvalue weighted by Gasteiger charge is -2.08. The van der Waals surface area contributed by atoms with Gasteiger partial charge in [0.1, 0.15) is 17.2 Å². The molecular weight excluding hydrogens is 361 g/mol. The molecule has 2 aromatic carbocycles. The lowest BCUT2D eigenvalue weighted by atomic mass is 10.2. The van der Waals surface area contributed by atoms with Gasteiger partial charge < -0.3 is 5.32 Å². The number of carbonyl (C=O) groups excluding carboxylic acids is 1. The number of anilines is 1. The standard InChI is InChI=1S/C21H16FN3OS/c1-14-4-10-17(11-5-14)25-19(13-18(24-25)20-3-2-12-27-20)21(26)23-16-8-6-15(22)7-9-16/h2-13H,1H3,(H,23,26). The molecular formula is C21H16FN3OS. The molecule has 0 saturated heterocycles. The number of nitrogens with one attached hydrogen (secondary N) is 1. The van der Waals surface area contributed by atoms with Gasteiger partial charge in [0.05, 0.1) is 10.6 Å². The van der Waals surface area contributed by atoms with Crippen molar-refractivity contribution >= 4 is 22.9 Å². The highest BCUT2D eigenvalue weighted by atomic mass is 32.1. The zero-order valence-corrected chi connectivity index (χ0v) is 15.3. The molecule has 4 aromatic rings. The van der Waals surface area contributed by atoms with Crippen molar-refractivity contribution in [3.63, 3.8) is 0 Å². The molecule has 1 amide bonds. The van der Waals surface area contributed by atoms with E-state index >= 15 is 0 Å². The molecule has 2 heterocycles. The summed E-state index contributed by atoms with van der Waals surface area (Å²) in [6, 6.07) is 19.2. The average molecular weight is 377 g/mol. The summed E-state index contributed by atoms with van der Waals surface area (Å²) in [5.41, 5.74) is 3.59. The van der Waals surface area contributed by atoms with Gasteiger partial charge in [-0.3, -0.25) is 4.79 Å². The second kappa shape index (κ2) is 7.17. The first-order valence-electron chi connectivity index (χ1n) is 8.38. The molecule has 4 nitrogen and oxygen atoms in total. The number of halogens is 1. The van der Waals surface area contributed by atoms with Crippen molar-refractivity contribution in [1.29, 1.82) is 0 Å². The summed E-state index contributed by atoms with van der Waals surface area (Å²) in [7, 11) is 0. The normalized spacial score (nSPS) is 10.7. The van der Waals surface area contributed by atoms with E-state index in [2.05, 4.69) is 10.4 Å². The lowest BCUT2D eigenvalue weighted by Crippen LogP contribution is -2.17. The minimum atomic E-state index is -0.349. The molecule has 0 aliphatic carbocycles. The van der Waals surface area contributed by atoms with E-state index in [1.165, 1.54) is 24.3 Å². The van der Waals surface area contributed by atoms with Crippen LogP contribution >= 0.6 is 11.3 Å². The number of benzene rings is 2.